The molecule has 0 aliphatic carbocycles. The average Bonchev–Trinajstić information content (AvgIpc) is 2.63. The van der Waals surface area contributed by atoms with E-state index in [0.717, 1.165) is 28.6 Å². The Balaban J connectivity index is 2.01. The quantitative estimate of drug-likeness (QED) is 0.726. The Bertz CT molecular complexity index is 924. The maximum Gasteiger partial charge on any atom is 0.138 e. The van der Waals surface area contributed by atoms with E-state index < -0.39 is 10.8 Å². The van der Waals surface area contributed by atoms with E-state index in [9.17, 15) is 4.21 Å². The molecule has 0 aliphatic heterocycles. The van der Waals surface area contributed by atoms with Crippen LogP contribution in [0.15, 0.2) is 53.6 Å². The largest absolute Gasteiger partial charge is 0.456 e. The Kier molecular flexibility index (Phi) is 5.46. The van der Waals surface area contributed by atoms with E-state index in [1.807, 2.05) is 31.2 Å². The van der Waals surface area contributed by atoms with Gasteiger partial charge in [-0.2, -0.15) is 0 Å². The summed E-state index contributed by atoms with van der Waals surface area (Å²) in [7, 11) is -1.24. The molecular weight excluding hydrogens is 334 g/mol. The minimum atomic E-state index is -1.24. The van der Waals surface area contributed by atoms with Gasteiger partial charge in [-0.05, 0) is 54.8 Å². The van der Waals surface area contributed by atoms with Crippen molar-refractivity contribution in [2.24, 2.45) is 0 Å². The van der Waals surface area contributed by atoms with E-state index in [0.29, 0.717) is 10.6 Å². The first-order valence-corrected chi connectivity index (χ1v) is 9.59. The molecule has 0 amide bonds. The molecular formula is C20H21NO3S. The lowest BCUT2D eigenvalue weighted by Crippen LogP contribution is -2.02. The maximum atomic E-state index is 12.2. The average molecular weight is 355 g/mol. The van der Waals surface area contributed by atoms with Gasteiger partial charge in [-0.15, -0.1) is 0 Å². The molecule has 1 atom stereocenters. The molecule has 1 unspecified atom stereocenters. The minimum Gasteiger partial charge on any atom is -0.456 e. The summed E-state index contributed by atoms with van der Waals surface area (Å²) in [6.07, 6.45) is 2.69. The van der Waals surface area contributed by atoms with Crippen LogP contribution in [0.3, 0.4) is 0 Å². The highest BCUT2D eigenvalue weighted by molar-refractivity contribution is 7.85. The number of nitrogens with zero attached hydrogens (tertiary/aromatic N) is 1. The molecule has 0 bridgehead atoms. The van der Waals surface area contributed by atoms with Gasteiger partial charge in [0.15, 0.2) is 0 Å². The van der Waals surface area contributed by atoms with Crippen molar-refractivity contribution in [1.82, 2.24) is 4.98 Å². The molecule has 4 nitrogen and oxygen atoms in total. The van der Waals surface area contributed by atoms with Gasteiger partial charge in [0, 0.05) is 16.5 Å². The van der Waals surface area contributed by atoms with Gasteiger partial charge in [0.05, 0.1) is 28.7 Å². The van der Waals surface area contributed by atoms with Gasteiger partial charge < -0.3 is 9.84 Å². The molecule has 0 spiro atoms. The number of aryl methyl sites for hydroxylation is 2. The summed E-state index contributed by atoms with van der Waals surface area (Å²) in [5.41, 5.74) is 3.13. The molecule has 2 aromatic carbocycles. The number of pyridine rings is 1. The van der Waals surface area contributed by atoms with Gasteiger partial charge in [0.1, 0.15) is 11.5 Å². The van der Waals surface area contributed by atoms with Crippen LogP contribution in [0.2, 0.25) is 0 Å². The number of fused-ring (bicyclic) bond motifs is 1. The molecule has 130 valence electrons. The minimum absolute atomic E-state index is 0.107. The first kappa shape index (κ1) is 17.6. The molecule has 0 saturated carbocycles. The fourth-order valence-corrected chi connectivity index (χ4v) is 3.57. The third kappa shape index (κ3) is 3.89. The van der Waals surface area contributed by atoms with Crippen LogP contribution in [0, 0.1) is 6.92 Å². The van der Waals surface area contributed by atoms with E-state index in [-0.39, 0.29) is 12.4 Å². The van der Waals surface area contributed by atoms with Crippen LogP contribution in [-0.2, 0) is 17.2 Å². The summed E-state index contributed by atoms with van der Waals surface area (Å²) < 4.78 is 18.3. The normalized spacial score (nSPS) is 12.3. The number of ether oxygens (including phenoxy) is 1. The lowest BCUT2D eigenvalue weighted by Gasteiger charge is -2.12. The predicted octanol–water partition coefficient (Wildman–Crippen LogP) is 4.00. The summed E-state index contributed by atoms with van der Waals surface area (Å²) in [6, 6.07) is 13.4. The molecule has 3 aromatic rings. The molecule has 0 fully saturated rings. The van der Waals surface area contributed by atoms with Gasteiger partial charge in [0.2, 0.25) is 0 Å². The molecule has 1 aromatic heterocycles. The summed E-state index contributed by atoms with van der Waals surface area (Å²) in [6.45, 7) is 4.04. The summed E-state index contributed by atoms with van der Waals surface area (Å²) >= 11 is 0. The first-order chi connectivity index (χ1) is 12.1. The Hall–Kier alpha value is -2.24. The smallest absolute Gasteiger partial charge is 0.138 e. The van der Waals surface area contributed by atoms with Crippen LogP contribution >= 0.6 is 0 Å². The molecule has 5 heteroatoms. The van der Waals surface area contributed by atoms with Gasteiger partial charge in [-0.3, -0.25) is 9.19 Å². The van der Waals surface area contributed by atoms with E-state index in [4.69, 9.17) is 9.84 Å². The van der Waals surface area contributed by atoms with Crippen molar-refractivity contribution < 1.29 is 14.1 Å². The Morgan fingerprint density at radius 2 is 1.96 bits per heavy atom. The number of hydrogen-bond acceptors (Lipinski definition) is 4. The number of aliphatic hydroxyl groups excluding tert-OH is 1. The number of rotatable bonds is 6. The highest BCUT2D eigenvalue weighted by atomic mass is 32.2. The SMILES string of the molecule is CCc1ccc(Oc2ccnc3ccc(S(=O)CCO)cc23)c(C)c1. The van der Waals surface area contributed by atoms with E-state index in [1.165, 1.54) is 5.56 Å². The van der Waals surface area contributed by atoms with E-state index in [1.54, 1.807) is 12.3 Å². The van der Waals surface area contributed by atoms with Crippen molar-refractivity contribution in [1.29, 1.82) is 0 Å². The van der Waals surface area contributed by atoms with Crippen LogP contribution < -0.4 is 4.74 Å². The van der Waals surface area contributed by atoms with Crippen molar-refractivity contribution in [3.63, 3.8) is 0 Å². The summed E-state index contributed by atoms with van der Waals surface area (Å²) in [5.74, 6) is 1.70. The third-order valence-corrected chi connectivity index (χ3v) is 5.41. The van der Waals surface area contributed by atoms with E-state index in [2.05, 4.69) is 24.0 Å². The maximum absolute atomic E-state index is 12.2. The molecule has 0 saturated heterocycles. The fourth-order valence-electron chi connectivity index (χ4n) is 2.70. The van der Waals surface area contributed by atoms with Gasteiger partial charge in [0.25, 0.3) is 0 Å². The fraction of sp³-hybridized carbons (Fsp3) is 0.250. The molecule has 0 radical (unpaired) electrons. The number of benzene rings is 2. The van der Waals surface area contributed by atoms with Gasteiger partial charge in [-0.25, -0.2) is 0 Å². The lowest BCUT2D eigenvalue weighted by atomic mass is 10.1. The van der Waals surface area contributed by atoms with Crippen LogP contribution in [0.4, 0.5) is 0 Å². The topological polar surface area (TPSA) is 59.4 Å². The van der Waals surface area contributed by atoms with Crippen molar-refractivity contribution in [3.05, 3.63) is 59.8 Å². The number of hydrogen-bond donors (Lipinski definition) is 1. The molecule has 1 heterocycles. The number of aromatic nitrogens is 1. The van der Waals surface area contributed by atoms with E-state index >= 15 is 0 Å². The third-order valence-electron chi connectivity index (χ3n) is 4.08. The van der Waals surface area contributed by atoms with Crippen LogP contribution in [0.25, 0.3) is 10.9 Å². The van der Waals surface area contributed by atoms with Gasteiger partial charge >= 0.3 is 0 Å². The van der Waals surface area contributed by atoms with Crippen molar-refractivity contribution in [2.45, 2.75) is 25.2 Å². The zero-order valence-electron chi connectivity index (χ0n) is 14.4. The van der Waals surface area contributed by atoms with Crippen molar-refractivity contribution in [3.8, 4) is 11.5 Å². The highest BCUT2D eigenvalue weighted by Crippen LogP contribution is 2.32. The molecule has 25 heavy (non-hydrogen) atoms. The van der Waals surface area contributed by atoms with Crippen molar-refractivity contribution >= 4 is 21.7 Å². The molecule has 0 aliphatic rings. The Morgan fingerprint density at radius 3 is 2.68 bits per heavy atom. The van der Waals surface area contributed by atoms with Crippen LogP contribution in [-0.4, -0.2) is 26.7 Å². The second kappa shape index (κ2) is 7.76. The second-order valence-electron chi connectivity index (χ2n) is 5.82. The monoisotopic (exact) mass is 355 g/mol. The Labute approximate surface area is 149 Å². The number of aliphatic hydroxyl groups is 1. The predicted molar refractivity (Wildman–Crippen MR) is 101 cm³/mol. The lowest BCUT2D eigenvalue weighted by molar-refractivity contribution is 0.321. The van der Waals surface area contributed by atoms with Crippen LogP contribution in [0.1, 0.15) is 18.1 Å². The molecule has 3 rings (SSSR count). The van der Waals surface area contributed by atoms with Crippen LogP contribution in [0.5, 0.6) is 11.5 Å². The zero-order valence-corrected chi connectivity index (χ0v) is 15.2. The standard InChI is InChI=1S/C20H21NO3S/c1-3-15-4-7-19(14(2)12-15)24-20-8-9-21-18-6-5-16(13-17(18)20)25(23)11-10-22/h4-9,12-13,22H,3,10-11H2,1-2H3. The highest BCUT2D eigenvalue weighted by Gasteiger charge is 2.10. The Morgan fingerprint density at radius 1 is 1.12 bits per heavy atom. The second-order valence-corrected chi connectivity index (χ2v) is 7.39. The molecule has 1 N–H and O–H groups in total. The van der Waals surface area contributed by atoms with Gasteiger partial charge in [-0.1, -0.05) is 19.1 Å². The van der Waals surface area contributed by atoms with Crippen molar-refractivity contribution in [2.75, 3.05) is 12.4 Å². The zero-order chi connectivity index (χ0) is 17.8. The summed E-state index contributed by atoms with van der Waals surface area (Å²) in [4.78, 5) is 5.02. The first-order valence-electron chi connectivity index (χ1n) is 8.27. The summed E-state index contributed by atoms with van der Waals surface area (Å²) in [5, 5.41) is 9.81.